The fourth-order valence-corrected chi connectivity index (χ4v) is 9.26. The molecule has 0 heterocycles. The molecule has 12 atom stereocenters. The fraction of sp³-hybridized carbons (Fsp3) is 0.645. The van der Waals surface area contributed by atoms with E-state index in [0.29, 0.717) is 24.3 Å². The van der Waals surface area contributed by atoms with Crippen LogP contribution in [0.2, 0.25) is 0 Å². The molecule has 0 bridgehead atoms. The highest BCUT2D eigenvalue weighted by Crippen LogP contribution is 2.26. The molecule has 0 spiro atoms. The normalized spacial score (nSPS) is 15.2. The highest BCUT2D eigenvalue weighted by molar-refractivity contribution is 5.97. The van der Waals surface area contributed by atoms with Gasteiger partial charge in [-0.25, -0.2) is 9.59 Å². The van der Waals surface area contributed by atoms with Gasteiger partial charge in [0.1, 0.15) is 59.8 Å². The first-order valence-electron chi connectivity index (χ1n) is 30.6. The Kier molecular flexibility index (Phi) is 34.5. The summed E-state index contributed by atoms with van der Waals surface area (Å²) >= 11 is 0. The maximum absolute atomic E-state index is 13.8. The highest BCUT2D eigenvalue weighted by atomic mass is 16.5. The average molecular weight is 1270 g/mol. The van der Waals surface area contributed by atoms with Gasteiger partial charge in [0.2, 0.25) is 59.1 Å². The van der Waals surface area contributed by atoms with E-state index < -0.39 is 143 Å². The lowest BCUT2D eigenvalue weighted by Crippen LogP contribution is -2.61. The zero-order valence-electron chi connectivity index (χ0n) is 54.0. The maximum Gasteiger partial charge on any atom is 0.328 e. The van der Waals surface area contributed by atoms with Gasteiger partial charge in [0.05, 0.1) is 39.6 Å². The van der Waals surface area contributed by atoms with Crippen LogP contribution in [0, 0.1) is 23.7 Å². The summed E-state index contributed by atoms with van der Waals surface area (Å²) in [7, 11) is 2.33. The molecule has 2 rings (SSSR count). The number of ether oxygens (including phenoxy) is 4. The van der Waals surface area contributed by atoms with Crippen LogP contribution in [0.5, 0.6) is 11.5 Å². The summed E-state index contributed by atoms with van der Waals surface area (Å²) in [6, 6.07) is 0.302. The molecule has 2 aromatic carbocycles. The predicted octanol–water partition coefficient (Wildman–Crippen LogP) is 0.859. The Morgan fingerprint density at radius 3 is 1.07 bits per heavy atom. The van der Waals surface area contributed by atoms with E-state index in [1.165, 1.54) is 28.1 Å². The number of carbonyl (C=O) groups is 12. The first kappa shape index (κ1) is 78.0. The molecule has 0 aliphatic heterocycles. The molecule has 28 nitrogen and oxygen atoms in total. The molecule has 0 fully saturated rings. The van der Waals surface area contributed by atoms with Crippen molar-refractivity contribution < 1.29 is 86.7 Å². The molecular formula is C62H98N10O18. The number of primary amides is 2. The Balaban J connectivity index is 2.08. The zero-order valence-corrected chi connectivity index (χ0v) is 54.0. The molecule has 0 aliphatic carbocycles. The van der Waals surface area contributed by atoms with Gasteiger partial charge in [0, 0.05) is 25.7 Å². The number of benzene rings is 2. The molecule has 0 saturated carbocycles. The smallest absolute Gasteiger partial charge is 0.328 e. The molecule has 90 heavy (non-hydrogen) atoms. The number of fused-ring (bicyclic) bond motifs is 1. The van der Waals surface area contributed by atoms with Crippen molar-refractivity contribution in [1.29, 1.82) is 0 Å². The van der Waals surface area contributed by atoms with Gasteiger partial charge in [-0.15, -0.1) is 0 Å². The van der Waals surface area contributed by atoms with Crippen LogP contribution in [0.3, 0.4) is 0 Å². The molecule has 0 aromatic heterocycles. The van der Waals surface area contributed by atoms with Crippen LogP contribution in [0.4, 0.5) is 0 Å². The second-order valence-corrected chi connectivity index (χ2v) is 23.5. The minimum Gasteiger partial charge on any atom is -0.494 e. The molecule has 2 unspecified atom stereocenters. The molecule has 28 heteroatoms. The SMILES string of the molecule is CC[C@H](C)[C@H](NC(=O)[C@H](CCC(N)=O)NC(=O)CCCOc1ccc2ccc(OCCCC(=O)N[C@@H](CCC(N)=O)C(=O)N[C@H](C(=O)N[C@H](C(=O)N[C@@H](CC(C)C)C(=O)OC)C(C)O)[C@@H](C)CC)cc2c1)C(=O)N[C@H](C(=O)N[C@@H](CC(C)C)C(=O)OC)C(C)O. The first-order chi connectivity index (χ1) is 42.3. The molecule has 0 saturated heterocycles. The summed E-state index contributed by atoms with van der Waals surface area (Å²) in [5, 5.41) is 43.2. The second-order valence-electron chi connectivity index (χ2n) is 23.5. The summed E-state index contributed by atoms with van der Waals surface area (Å²) < 4.78 is 21.6. The summed E-state index contributed by atoms with van der Waals surface area (Å²) in [6.07, 6.45) is -2.46. The number of rotatable bonds is 42. The topological polar surface area (TPSA) is 430 Å². The number of aliphatic hydroxyl groups is 2. The first-order valence-corrected chi connectivity index (χ1v) is 30.6. The molecule has 2 aromatic rings. The van der Waals surface area contributed by atoms with Crippen molar-refractivity contribution in [1.82, 2.24) is 42.5 Å². The summed E-state index contributed by atoms with van der Waals surface area (Å²) in [4.78, 5) is 157. The molecule has 14 N–H and O–H groups in total. The van der Waals surface area contributed by atoms with E-state index in [4.69, 9.17) is 30.4 Å². The van der Waals surface area contributed by atoms with Gasteiger partial charge in [0.15, 0.2) is 0 Å². The van der Waals surface area contributed by atoms with Crippen LogP contribution in [0.1, 0.15) is 146 Å². The van der Waals surface area contributed by atoms with Crippen LogP contribution in [0.15, 0.2) is 36.4 Å². The van der Waals surface area contributed by atoms with Crippen molar-refractivity contribution in [2.75, 3.05) is 27.4 Å². The standard InChI is InChI=1S/C62H98N10O18/c1-13-35(7)51(57(81)71-53(37(9)73)59(83)67-45(29-33(3)4)61(85)87-11)69-55(79)43(23-25-47(63)75)65-49(77)17-15-27-89-41-21-19-39-20-22-42(32-40(39)31-41)90-28-16-18-50(78)66-44(24-26-48(64)76)56(80)70-52(36(8)14-2)58(82)72-54(38(10)74)60(84)68-46(30-34(5)6)62(86)88-12/h19-22,31-38,43-46,51-54,73-74H,13-18,23-30H2,1-12H3,(H2,63,75)(H2,64,76)(H,65,77)(H,66,78)(H,67,83)(H,68,84)(H,69,79)(H,70,80)(H,71,81)(H,72,82)/t35-,36-,37?,38?,43-,44-,45-,46-,51-,52-,53-,54-/m0/s1. The van der Waals surface area contributed by atoms with E-state index in [2.05, 4.69) is 42.5 Å². The van der Waals surface area contributed by atoms with Gasteiger partial charge in [-0.1, -0.05) is 80.4 Å². The van der Waals surface area contributed by atoms with Crippen LogP contribution < -0.4 is 63.5 Å². The fourth-order valence-electron chi connectivity index (χ4n) is 9.26. The number of carbonyl (C=O) groups excluding carboxylic acids is 12. The number of methoxy groups -OCH3 is 2. The Hall–Kier alpha value is -8.14. The number of aliphatic hydroxyl groups excluding tert-OH is 2. The number of esters is 2. The molecule has 504 valence electrons. The van der Waals surface area contributed by atoms with Crippen LogP contribution >= 0.6 is 0 Å². The number of nitrogens with two attached hydrogens (primary N) is 2. The molecule has 10 amide bonds. The Morgan fingerprint density at radius 1 is 0.433 bits per heavy atom. The van der Waals surface area contributed by atoms with Crippen molar-refractivity contribution in [2.45, 2.75) is 207 Å². The van der Waals surface area contributed by atoms with E-state index in [1.807, 2.05) is 39.8 Å². The van der Waals surface area contributed by atoms with E-state index in [-0.39, 0.29) is 89.3 Å². The molecular weight excluding hydrogens is 1170 g/mol. The monoisotopic (exact) mass is 1270 g/mol. The van der Waals surface area contributed by atoms with E-state index in [1.54, 1.807) is 52.0 Å². The number of amides is 10. The van der Waals surface area contributed by atoms with Gasteiger partial charge >= 0.3 is 11.9 Å². The third kappa shape index (κ3) is 27.7. The lowest BCUT2D eigenvalue weighted by atomic mass is 9.96. The van der Waals surface area contributed by atoms with Crippen molar-refractivity contribution in [3.63, 3.8) is 0 Å². The maximum atomic E-state index is 13.8. The van der Waals surface area contributed by atoms with Crippen LogP contribution in [-0.4, -0.2) is 169 Å². The van der Waals surface area contributed by atoms with Crippen molar-refractivity contribution in [2.24, 2.45) is 35.1 Å². The lowest BCUT2D eigenvalue weighted by Gasteiger charge is -2.29. The number of nitrogens with one attached hydrogen (secondary N) is 8. The summed E-state index contributed by atoms with van der Waals surface area (Å²) in [6.45, 7) is 16.9. The third-order valence-corrected chi connectivity index (χ3v) is 14.8. The molecule has 0 aliphatic rings. The number of hydrogen-bond acceptors (Lipinski definition) is 18. The minimum atomic E-state index is -1.53. The van der Waals surface area contributed by atoms with Crippen LogP contribution in [-0.2, 0) is 67.0 Å². The largest absolute Gasteiger partial charge is 0.494 e. The van der Waals surface area contributed by atoms with Gasteiger partial charge in [-0.3, -0.25) is 47.9 Å². The van der Waals surface area contributed by atoms with E-state index >= 15 is 0 Å². The van der Waals surface area contributed by atoms with E-state index in [9.17, 15) is 67.7 Å². The second kappa shape index (κ2) is 39.8. The number of hydrogen-bond donors (Lipinski definition) is 12. The summed E-state index contributed by atoms with van der Waals surface area (Å²) in [5.41, 5.74) is 10.8. The van der Waals surface area contributed by atoms with Gasteiger partial charge in [-0.2, -0.15) is 0 Å². The zero-order chi connectivity index (χ0) is 67.9. The van der Waals surface area contributed by atoms with Crippen LogP contribution in [0.25, 0.3) is 10.8 Å². The average Bonchev–Trinajstić information content (AvgIpc) is 1.53. The minimum absolute atomic E-state index is 0.0253. The summed E-state index contributed by atoms with van der Waals surface area (Å²) in [5.74, 6) is -9.19. The predicted molar refractivity (Wildman–Crippen MR) is 331 cm³/mol. The Bertz CT molecular complexity index is 2570. The van der Waals surface area contributed by atoms with E-state index in [0.717, 1.165) is 10.8 Å². The van der Waals surface area contributed by atoms with Gasteiger partial charge in [0.25, 0.3) is 0 Å². The Morgan fingerprint density at radius 2 is 0.767 bits per heavy atom. The van der Waals surface area contributed by atoms with Crippen molar-refractivity contribution in [3.8, 4) is 11.5 Å². The quantitative estimate of drug-likeness (QED) is 0.0324. The van der Waals surface area contributed by atoms with Crippen molar-refractivity contribution in [3.05, 3.63) is 36.4 Å². The van der Waals surface area contributed by atoms with Crippen molar-refractivity contribution >= 4 is 81.8 Å². The lowest BCUT2D eigenvalue weighted by molar-refractivity contribution is -0.146. The Labute approximate surface area is 526 Å². The van der Waals surface area contributed by atoms with Gasteiger partial charge < -0.3 is 83.2 Å². The highest BCUT2D eigenvalue weighted by Gasteiger charge is 2.38. The third-order valence-electron chi connectivity index (χ3n) is 14.8. The van der Waals surface area contributed by atoms with Gasteiger partial charge in [-0.05, 0) is 111 Å². The molecule has 0 radical (unpaired) electrons.